The lowest BCUT2D eigenvalue weighted by Crippen LogP contribution is -2.43. The SMILES string of the molecule is Cc1cc(C)n(CC(=O)NNC(=O)c2ccc(-n3nc(C)cc3C)cc2)n1. The van der Waals surface area contributed by atoms with Gasteiger partial charge in [0, 0.05) is 17.0 Å². The Labute approximate surface area is 157 Å². The van der Waals surface area contributed by atoms with Gasteiger partial charge in [-0.25, -0.2) is 4.68 Å². The molecule has 2 N–H and O–H groups in total. The maximum atomic E-state index is 12.2. The molecule has 140 valence electrons. The zero-order chi connectivity index (χ0) is 19.6. The lowest BCUT2D eigenvalue weighted by Gasteiger charge is -2.09. The Hall–Kier alpha value is -3.42. The van der Waals surface area contributed by atoms with Crippen LogP contribution in [0.25, 0.3) is 5.69 Å². The number of carbonyl (C=O) groups excluding carboxylic acids is 2. The van der Waals surface area contributed by atoms with Crippen LogP contribution in [0.15, 0.2) is 36.4 Å². The molecule has 1 aromatic carbocycles. The van der Waals surface area contributed by atoms with Crippen molar-refractivity contribution in [3.63, 3.8) is 0 Å². The number of amides is 2. The quantitative estimate of drug-likeness (QED) is 0.688. The molecule has 8 nitrogen and oxygen atoms in total. The number of hydrazine groups is 1. The zero-order valence-electron chi connectivity index (χ0n) is 15.8. The molecule has 0 aliphatic rings. The highest BCUT2D eigenvalue weighted by Gasteiger charge is 2.11. The van der Waals surface area contributed by atoms with Crippen molar-refractivity contribution in [2.24, 2.45) is 0 Å². The van der Waals surface area contributed by atoms with Crippen molar-refractivity contribution in [3.8, 4) is 5.69 Å². The van der Waals surface area contributed by atoms with Crippen molar-refractivity contribution in [2.45, 2.75) is 34.2 Å². The normalized spacial score (nSPS) is 10.7. The highest BCUT2D eigenvalue weighted by molar-refractivity contribution is 5.95. The van der Waals surface area contributed by atoms with Gasteiger partial charge >= 0.3 is 0 Å². The first-order chi connectivity index (χ1) is 12.8. The van der Waals surface area contributed by atoms with E-state index >= 15 is 0 Å². The van der Waals surface area contributed by atoms with Gasteiger partial charge in [0.05, 0.1) is 17.1 Å². The molecule has 8 heteroatoms. The van der Waals surface area contributed by atoms with Gasteiger partial charge in [-0.2, -0.15) is 10.2 Å². The van der Waals surface area contributed by atoms with Gasteiger partial charge in [-0.1, -0.05) is 0 Å². The molecule has 2 amide bonds. The summed E-state index contributed by atoms with van der Waals surface area (Å²) in [6.45, 7) is 7.67. The van der Waals surface area contributed by atoms with E-state index < -0.39 is 5.91 Å². The average molecular weight is 366 g/mol. The molecule has 3 aromatic rings. The molecule has 0 spiro atoms. The number of nitrogens with zero attached hydrogens (tertiary/aromatic N) is 4. The summed E-state index contributed by atoms with van der Waals surface area (Å²) in [6, 6.07) is 10.9. The summed E-state index contributed by atoms with van der Waals surface area (Å²) in [5, 5.41) is 8.63. The number of benzene rings is 1. The van der Waals surface area contributed by atoms with E-state index in [1.165, 1.54) is 0 Å². The molecule has 0 fully saturated rings. The second kappa shape index (κ2) is 7.45. The lowest BCUT2D eigenvalue weighted by molar-refractivity contribution is -0.122. The van der Waals surface area contributed by atoms with Crippen LogP contribution in [0.1, 0.15) is 33.1 Å². The molecule has 3 rings (SSSR count). The number of aromatic nitrogens is 4. The third-order valence-electron chi connectivity index (χ3n) is 4.10. The fraction of sp³-hybridized carbons (Fsp3) is 0.263. The van der Waals surface area contributed by atoms with Gasteiger partial charge in [-0.05, 0) is 64.1 Å². The van der Waals surface area contributed by atoms with Crippen molar-refractivity contribution >= 4 is 11.8 Å². The summed E-state index contributed by atoms with van der Waals surface area (Å²) in [7, 11) is 0. The Morgan fingerprint density at radius 1 is 0.889 bits per heavy atom. The van der Waals surface area contributed by atoms with Crippen molar-refractivity contribution in [2.75, 3.05) is 0 Å². The lowest BCUT2D eigenvalue weighted by atomic mass is 10.2. The molecule has 0 aliphatic carbocycles. The van der Waals surface area contributed by atoms with E-state index in [1.54, 1.807) is 16.8 Å². The number of nitrogens with one attached hydrogen (secondary N) is 2. The number of aryl methyl sites for hydroxylation is 4. The Balaban J connectivity index is 1.58. The molecule has 0 saturated heterocycles. The molecule has 2 heterocycles. The van der Waals surface area contributed by atoms with E-state index in [9.17, 15) is 9.59 Å². The van der Waals surface area contributed by atoms with Gasteiger partial charge < -0.3 is 0 Å². The molecule has 0 atom stereocenters. The van der Waals surface area contributed by atoms with Crippen LogP contribution in [0.5, 0.6) is 0 Å². The maximum Gasteiger partial charge on any atom is 0.269 e. The van der Waals surface area contributed by atoms with Gasteiger partial charge in [-0.15, -0.1) is 0 Å². The third-order valence-corrected chi connectivity index (χ3v) is 4.10. The van der Waals surface area contributed by atoms with Crippen LogP contribution >= 0.6 is 0 Å². The van der Waals surface area contributed by atoms with Crippen LogP contribution in [0.2, 0.25) is 0 Å². The van der Waals surface area contributed by atoms with Crippen LogP contribution in [0.4, 0.5) is 0 Å². The highest BCUT2D eigenvalue weighted by Crippen LogP contribution is 2.13. The molecule has 0 radical (unpaired) electrons. The van der Waals surface area contributed by atoms with Crippen LogP contribution in [-0.4, -0.2) is 31.4 Å². The number of hydrogen-bond donors (Lipinski definition) is 2. The van der Waals surface area contributed by atoms with Crippen molar-refractivity contribution in [1.29, 1.82) is 0 Å². The van der Waals surface area contributed by atoms with Gasteiger partial charge in [0.1, 0.15) is 6.54 Å². The van der Waals surface area contributed by atoms with Gasteiger partial charge in [0.15, 0.2) is 0 Å². The van der Waals surface area contributed by atoms with Crippen LogP contribution in [0, 0.1) is 27.7 Å². The topological polar surface area (TPSA) is 93.8 Å². The minimum Gasteiger partial charge on any atom is -0.271 e. The van der Waals surface area contributed by atoms with Crippen molar-refractivity contribution in [3.05, 3.63) is 64.7 Å². The molecule has 27 heavy (non-hydrogen) atoms. The molecule has 0 aliphatic heterocycles. The van der Waals surface area contributed by atoms with E-state index in [1.807, 2.05) is 56.6 Å². The molecule has 0 unspecified atom stereocenters. The Bertz CT molecular complexity index is 984. The van der Waals surface area contributed by atoms with Crippen LogP contribution in [-0.2, 0) is 11.3 Å². The monoisotopic (exact) mass is 366 g/mol. The van der Waals surface area contributed by atoms with Crippen LogP contribution in [0.3, 0.4) is 0 Å². The van der Waals surface area contributed by atoms with Gasteiger partial charge in [-0.3, -0.25) is 25.1 Å². The number of rotatable bonds is 4. The summed E-state index contributed by atoms with van der Waals surface area (Å²) >= 11 is 0. The summed E-state index contributed by atoms with van der Waals surface area (Å²) in [4.78, 5) is 24.2. The molecular formula is C19H22N6O2. The Kier molecular flexibility index (Phi) is 5.07. The Morgan fingerprint density at radius 2 is 1.52 bits per heavy atom. The predicted octanol–water partition coefficient (Wildman–Crippen LogP) is 1.76. The summed E-state index contributed by atoms with van der Waals surface area (Å²) in [5.41, 5.74) is 9.80. The van der Waals surface area contributed by atoms with Crippen LogP contribution < -0.4 is 10.9 Å². The van der Waals surface area contributed by atoms with E-state index in [0.29, 0.717) is 5.56 Å². The fourth-order valence-electron chi connectivity index (χ4n) is 2.85. The van der Waals surface area contributed by atoms with Gasteiger partial charge in [0.25, 0.3) is 11.8 Å². The fourth-order valence-corrected chi connectivity index (χ4v) is 2.85. The van der Waals surface area contributed by atoms with E-state index in [-0.39, 0.29) is 12.5 Å². The summed E-state index contributed by atoms with van der Waals surface area (Å²) < 4.78 is 3.40. The first-order valence-electron chi connectivity index (χ1n) is 8.57. The molecule has 2 aromatic heterocycles. The van der Waals surface area contributed by atoms with E-state index in [4.69, 9.17) is 0 Å². The zero-order valence-corrected chi connectivity index (χ0v) is 15.8. The summed E-state index contributed by atoms with van der Waals surface area (Å²) in [6.07, 6.45) is 0. The highest BCUT2D eigenvalue weighted by atomic mass is 16.2. The standard InChI is InChI=1S/C19H22N6O2/c1-12-9-14(3)24(22-12)11-18(26)20-21-19(27)16-5-7-17(8-6-16)25-15(4)10-13(2)23-25/h5-10H,11H2,1-4H3,(H,20,26)(H,21,27). The van der Waals surface area contributed by atoms with Crippen molar-refractivity contribution < 1.29 is 9.59 Å². The molecule has 0 bridgehead atoms. The van der Waals surface area contributed by atoms with E-state index in [0.717, 1.165) is 28.5 Å². The second-order valence-corrected chi connectivity index (χ2v) is 6.47. The Morgan fingerprint density at radius 3 is 2.07 bits per heavy atom. The first kappa shape index (κ1) is 18.4. The molecular weight excluding hydrogens is 344 g/mol. The van der Waals surface area contributed by atoms with Gasteiger partial charge in [0.2, 0.25) is 0 Å². The average Bonchev–Trinajstić information content (AvgIpc) is 3.13. The van der Waals surface area contributed by atoms with Crippen molar-refractivity contribution in [1.82, 2.24) is 30.4 Å². The minimum atomic E-state index is -0.392. The second-order valence-electron chi connectivity index (χ2n) is 6.47. The van der Waals surface area contributed by atoms with E-state index in [2.05, 4.69) is 21.0 Å². The number of hydrogen-bond acceptors (Lipinski definition) is 4. The maximum absolute atomic E-state index is 12.2. The predicted molar refractivity (Wildman–Crippen MR) is 100 cm³/mol. The minimum absolute atomic E-state index is 0.0385. The largest absolute Gasteiger partial charge is 0.271 e. The smallest absolute Gasteiger partial charge is 0.269 e. The molecule has 0 saturated carbocycles. The number of carbonyl (C=O) groups is 2. The summed E-state index contributed by atoms with van der Waals surface area (Å²) in [5.74, 6) is -0.745. The first-order valence-corrected chi connectivity index (χ1v) is 8.57. The third kappa shape index (κ3) is 4.22.